The van der Waals surface area contributed by atoms with Gasteiger partial charge in [0.05, 0.1) is 7.18 Å². The quantitative estimate of drug-likeness (QED) is 0.103. The molecule has 11 heteroatoms. The third-order valence-corrected chi connectivity index (χ3v) is 11.4. The fourth-order valence-corrected chi connectivity index (χ4v) is 8.12. The van der Waals surface area contributed by atoms with Crippen molar-refractivity contribution in [2.45, 2.75) is 96.5 Å². The van der Waals surface area contributed by atoms with E-state index in [0.717, 1.165) is 89.2 Å². The lowest BCUT2D eigenvalue weighted by atomic mass is 10.0. The molecule has 0 aliphatic carbocycles. The summed E-state index contributed by atoms with van der Waals surface area (Å²) in [7, 11) is 3.38. The summed E-state index contributed by atoms with van der Waals surface area (Å²) in [4.78, 5) is 57.2. The lowest BCUT2D eigenvalue weighted by molar-refractivity contribution is -0.137. The van der Waals surface area contributed by atoms with Crippen molar-refractivity contribution in [3.63, 3.8) is 0 Å². The van der Waals surface area contributed by atoms with E-state index in [-0.39, 0.29) is 42.6 Å². The number of hydrogen-bond acceptors (Lipinski definition) is 6. The van der Waals surface area contributed by atoms with Gasteiger partial charge in [-0.25, -0.2) is 0 Å². The summed E-state index contributed by atoms with van der Waals surface area (Å²) in [6.07, 6.45) is 8.00. The molecule has 2 aliphatic heterocycles. The number of halogens is 1. The van der Waals surface area contributed by atoms with Crippen LogP contribution in [0.1, 0.15) is 84.1 Å². The second-order valence-electron chi connectivity index (χ2n) is 15.6. The van der Waals surface area contributed by atoms with Gasteiger partial charge in [0.1, 0.15) is 0 Å². The van der Waals surface area contributed by atoms with Crippen LogP contribution in [0.5, 0.6) is 0 Å². The smallest absolute Gasteiger partial charge is 0.303 e. The van der Waals surface area contributed by atoms with Crippen LogP contribution in [0, 0.1) is 0 Å². The molecule has 6 rings (SSSR count). The average molecular weight is 853 g/mol. The van der Waals surface area contributed by atoms with Crippen LogP contribution in [0.15, 0.2) is 121 Å². The summed E-state index contributed by atoms with van der Waals surface area (Å²) < 4.78 is 15.2. The predicted octanol–water partition coefficient (Wildman–Crippen LogP) is 8.85. The second-order valence-corrected chi connectivity index (χ2v) is 15.6. The van der Waals surface area contributed by atoms with Crippen molar-refractivity contribution >= 4 is 35.1 Å². The molecule has 2 N–H and O–H groups in total. The first-order chi connectivity index (χ1) is 30.8. The van der Waals surface area contributed by atoms with Crippen LogP contribution in [-0.4, -0.2) is 104 Å². The molecule has 0 bridgehead atoms. The van der Waals surface area contributed by atoms with E-state index in [4.69, 9.17) is 6.48 Å². The van der Waals surface area contributed by atoms with E-state index in [0.29, 0.717) is 32.9 Å². The molecule has 4 aromatic carbocycles. The van der Waals surface area contributed by atoms with Crippen molar-refractivity contribution in [1.82, 2.24) is 15.1 Å². The topological polar surface area (TPSA) is 114 Å². The Bertz CT molecular complexity index is 1850. The third kappa shape index (κ3) is 17.5. The molecular weight excluding hydrogens is 782 g/mol. The fourth-order valence-electron chi connectivity index (χ4n) is 8.12. The lowest BCUT2D eigenvalue weighted by Crippen LogP contribution is -2.48. The first-order valence-electron chi connectivity index (χ1n) is 22.9. The predicted molar refractivity (Wildman–Crippen MR) is 250 cm³/mol. The number of amides is 3. The molecule has 0 atom stereocenters. The highest BCUT2D eigenvalue weighted by Crippen LogP contribution is 2.27. The molecule has 0 spiro atoms. The van der Waals surface area contributed by atoms with Gasteiger partial charge in [0.2, 0.25) is 17.7 Å². The summed E-state index contributed by atoms with van der Waals surface area (Å²) in [5.41, 5.74) is 4.60. The van der Waals surface area contributed by atoms with Gasteiger partial charge >= 0.3 is 5.97 Å². The zero-order valence-corrected chi connectivity index (χ0v) is 37.2. The Morgan fingerprint density at radius 3 is 1.27 bits per heavy atom. The normalized spacial score (nSPS) is 14.5. The summed E-state index contributed by atoms with van der Waals surface area (Å²) in [6.45, 7) is 6.06. The number of nitrogens with zero attached hydrogens (tertiary/aromatic N) is 4. The van der Waals surface area contributed by atoms with Crippen LogP contribution in [0.3, 0.4) is 0 Å². The Morgan fingerprint density at radius 1 is 0.597 bits per heavy atom. The maximum atomic E-state index is 13.1. The van der Waals surface area contributed by atoms with Gasteiger partial charge < -0.3 is 30.0 Å². The zero-order valence-electron chi connectivity index (χ0n) is 38.2. The average Bonchev–Trinajstić information content (AvgIpc) is 3.34. The maximum absolute atomic E-state index is 13.1. The number of alkyl halides is 1. The maximum Gasteiger partial charge on any atom is 0.303 e. The van der Waals surface area contributed by atoms with E-state index >= 15 is 0 Å². The molecule has 3 amide bonds. The largest absolute Gasteiger partial charge is 0.481 e. The number of carbonyl (C=O) groups excluding carboxylic acids is 3. The Hall–Kier alpha value is -5.39. The van der Waals surface area contributed by atoms with Gasteiger partial charge in [0.15, 0.2) is 0 Å². The van der Waals surface area contributed by atoms with Crippen LogP contribution >= 0.6 is 0 Å². The second kappa shape index (κ2) is 29.0. The van der Waals surface area contributed by atoms with Crippen LogP contribution in [0.4, 0.5) is 15.8 Å². The number of nitrogens with one attached hydrogen (secondary N) is 1. The number of anilines is 2. The third-order valence-electron chi connectivity index (χ3n) is 11.4. The first-order valence-corrected chi connectivity index (χ1v) is 21.9. The fraction of sp³-hybridized carbons (Fsp3) is 0.451. The molecule has 2 fully saturated rings. The van der Waals surface area contributed by atoms with Crippen molar-refractivity contribution in [3.05, 3.63) is 132 Å². The summed E-state index contributed by atoms with van der Waals surface area (Å²) >= 11 is 0. The number of carbonyl (C=O) groups is 4. The van der Waals surface area contributed by atoms with Crippen LogP contribution < -0.4 is 15.1 Å². The number of benzene rings is 4. The van der Waals surface area contributed by atoms with E-state index in [1.165, 1.54) is 18.5 Å². The molecule has 0 radical (unpaired) electrons. The summed E-state index contributed by atoms with van der Waals surface area (Å²) in [5.74, 6) is -0.718. The zero-order chi connectivity index (χ0) is 45.7. The number of carboxylic acids is 1. The minimum Gasteiger partial charge on any atom is -0.481 e. The van der Waals surface area contributed by atoms with E-state index in [2.05, 4.69) is 69.7 Å². The van der Waals surface area contributed by atoms with Crippen LogP contribution in [0.2, 0.25) is 0 Å². The molecule has 336 valence electrons. The molecule has 2 heterocycles. The van der Waals surface area contributed by atoms with Crippen LogP contribution in [0.25, 0.3) is 0 Å². The van der Waals surface area contributed by atoms with E-state index < -0.39 is 5.97 Å². The molecular formula is C51H70FN5O5. The standard InChI is InChI=1S/C25H33N3O2.C24H30N2O3.CH3F.CH4/c1-26-24(29)13-8-14-25(30)28(22-11-6-3-7-12-22)23-16-19-27(20-17-23)18-15-21-9-4-2-5-10-21;27-23(12-7-13-24(28)29)26(21-10-5-2-6-11-21)22-15-18-25(19-16-22)17-14-20-8-3-1-4-9-20;1-2;/h2-7,9-12,23H,8,13-20H2,1H3,(H,26,29);1-6,8-11,22H,7,12-19H2,(H,28,29);1H3;1H4/i;;;1D. The van der Waals surface area contributed by atoms with Crippen molar-refractivity contribution in [2.75, 3.05) is 63.3 Å². The van der Waals surface area contributed by atoms with Crippen molar-refractivity contribution in [1.29, 1.82) is 0 Å². The van der Waals surface area contributed by atoms with Crippen molar-refractivity contribution < 1.29 is 30.0 Å². The minimum atomic E-state index is -0.851. The van der Waals surface area contributed by atoms with Gasteiger partial charge in [0, 0.05) is 96.8 Å². The van der Waals surface area contributed by atoms with Gasteiger partial charge in [-0.1, -0.05) is 104 Å². The summed E-state index contributed by atoms with van der Waals surface area (Å²) in [5, 5.41) is 11.5. The highest BCUT2D eigenvalue weighted by Gasteiger charge is 2.30. The molecule has 4 aromatic rings. The van der Waals surface area contributed by atoms with E-state index in [9.17, 15) is 23.6 Å². The number of carboxylic acid groups (broad SMARTS) is 1. The van der Waals surface area contributed by atoms with E-state index in [1.807, 2.05) is 76.5 Å². The number of rotatable bonds is 18. The molecule has 0 unspecified atom stereocenters. The molecule has 0 aromatic heterocycles. The number of para-hydroxylation sites is 2. The monoisotopic (exact) mass is 853 g/mol. The highest BCUT2D eigenvalue weighted by molar-refractivity contribution is 5.95. The first kappa shape index (κ1) is 49.3. The molecule has 2 aliphatic rings. The van der Waals surface area contributed by atoms with Gasteiger partial charge in [0.25, 0.3) is 0 Å². The van der Waals surface area contributed by atoms with Gasteiger partial charge in [-0.3, -0.25) is 23.6 Å². The highest BCUT2D eigenvalue weighted by atomic mass is 19.1. The summed E-state index contributed by atoms with van der Waals surface area (Å²) in [6, 6.07) is 41.3. The van der Waals surface area contributed by atoms with Gasteiger partial charge in [-0.05, 0) is 86.8 Å². The minimum absolute atomic E-state index is 0.0132. The molecule has 10 nitrogen and oxygen atoms in total. The van der Waals surface area contributed by atoms with Crippen molar-refractivity contribution in [2.24, 2.45) is 0 Å². The van der Waals surface area contributed by atoms with Gasteiger partial charge in [-0.2, -0.15) is 0 Å². The SMILES string of the molecule is CF.CNC(=O)CCCC(=O)N(c1ccccc1)C1CCN(CCc2ccccc2)CC1.O=C(O)CCCC(=O)N(c1ccccc1)C1CCN(CCc2ccccc2)CC1.[2H]C. The van der Waals surface area contributed by atoms with Gasteiger partial charge in [-0.15, -0.1) is 0 Å². The Labute approximate surface area is 371 Å². The number of likely N-dealkylation sites (tertiary alicyclic amines) is 2. The number of hydrogen-bond donors (Lipinski definition) is 2. The Morgan fingerprint density at radius 2 is 0.935 bits per heavy atom. The number of piperidine rings is 2. The van der Waals surface area contributed by atoms with Crippen molar-refractivity contribution in [3.8, 4) is 0 Å². The molecule has 0 saturated carbocycles. The Balaban J connectivity index is 0.000000311. The number of aliphatic carboxylic acids is 1. The Kier molecular flexibility index (Phi) is 23.1. The van der Waals surface area contributed by atoms with E-state index in [1.54, 1.807) is 7.05 Å². The lowest BCUT2D eigenvalue weighted by Gasteiger charge is -2.38. The molecule has 2 saturated heterocycles. The molecule has 62 heavy (non-hydrogen) atoms. The van der Waals surface area contributed by atoms with Crippen LogP contribution in [-0.2, 0) is 32.0 Å².